The largest absolute Gasteiger partial charge is 0.344 e. The first-order valence-electron chi connectivity index (χ1n) is 7.01. The first-order valence-corrected chi connectivity index (χ1v) is 7.01. The molecular formula is C15H21N3. The molecule has 1 atom stereocenters. The van der Waals surface area contributed by atoms with Crippen molar-refractivity contribution < 1.29 is 0 Å². The second-order valence-corrected chi connectivity index (χ2v) is 5.28. The summed E-state index contributed by atoms with van der Waals surface area (Å²) in [6, 6.07) is 8.53. The molecule has 3 nitrogen and oxygen atoms in total. The number of para-hydroxylation sites is 1. The Labute approximate surface area is 109 Å². The van der Waals surface area contributed by atoms with Crippen molar-refractivity contribution in [2.75, 3.05) is 25.0 Å². The molecule has 2 N–H and O–H groups in total. The highest BCUT2D eigenvalue weighted by Crippen LogP contribution is 2.22. The minimum absolute atomic E-state index is 0.727. The number of piperidine rings is 1. The Hall–Kier alpha value is -1.35. The van der Waals surface area contributed by atoms with E-state index in [2.05, 4.69) is 34.9 Å². The van der Waals surface area contributed by atoms with E-state index >= 15 is 0 Å². The molecule has 0 spiro atoms. The van der Waals surface area contributed by atoms with Crippen LogP contribution in [-0.4, -0.2) is 25.5 Å². The highest BCUT2D eigenvalue weighted by Gasteiger charge is 2.15. The van der Waals surface area contributed by atoms with Gasteiger partial charge >= 0.3 is 0 Å². The lowest BCUT2D eigenvalue weighted by Gasteiger charge is -2.23. The van der Waals surface area contributed by atoms with Gasteiger partial charge in [-0.2, -0.15) is 0 Å². The van der Waals surface area contributed by atoms with E-state index in [1.807, 2.05) is 0 Å². The lowest BCUT2D eigenvalue weighted by molar-refractivity contribution is 0.386. The average molecular weight is 243 g/mol. The quantitative estimate of drug-likeness (QED) is 0.837. The summed E-state index contributed by atoms with van der Waals surface area (Å²) >= 11 is 0. The van der Waals surface area contributed by atoms with Gasteiger partial charge in [-0.25, -0.2) is 0 Å². The van der Waals surface area contributed by atoms with Crippen LogP contribution in [0.25, 0.3) is 0 Å². The molecule has 1 unspecified atom stereocenters. The van der Waals surface area contributed by atoms with Crippen LogP contribution in [0.4, 0.5) is 5.69 Å². The Bertz CT molecular complexity index is 433. The Morgan fingerprint density at radius 3 is 3.06 bits per heavy atom. The molecule has 0 bridgehead atoms. The molecule has 0 saturated carbocycles. The van der Waals surface area contributed by atoms with Gasteiger partial charge in [0.25, 0.3) is 0 Å². The van der Waals surface area contributed by atoms with Crippen LogP contribution in [0.5, 0.6) is 0 Å². The number of nitrogens with one attached hydrogen (secondary N) is 2. The van der Waals surface area contributed by atoms with Gasteiger partial charge in [0.05, 0.1) is 0 Å². The summed E-state index contributed by atoms with van der Waals surface area (Å²) in [5, 5.41) is 6.91. The second kappa shape index (κ2) is 5.53. The van der Waals surface area contributed by atoms with Crippen LogP contribution in [0.15, 0.2) is 29.3 Å². The van der Waals surface area contributed by atoms with Crippen LogP contribution >= 0.6 is 0 Å². The zero-order valence-electron chi connectivity index (χ0n) is 10.8. The van der Waals surface area contributed by atoms with Crippen molar-refractivity contribution in [1.82, 2.24) is 5.32 Å². The number of amidine groups is 1. The molecule has 1 fully saturated rings. The summed E-state index contributed by atoms with van der Waals surface area (Å²) in [7, 11) is 0. The fraction of sp³-hybridized carbons (Fsp3) is 0.533. The third-order valence-corrected chi connectivity index (χ3v) is 3.87. The molecule has 0 aromatic heterocycles. The van der Waals surface area contributed by atoms with Gasteiger partial charge < -0.3 is 10.6 Å². The molecule has 0 amide bonds. The normalized spacial score (nSPS) is 25.6. The standard InChI is InChI=1S/C15H21N3/c1-2-6-14-13(5-1)7-8-15(18-14)17-11-12-4-3-9-16-10-12/h1-2,5-6,12,16H,3-4,7-11H2,(H,17,18). The highest BCUT2D eigenvalue weighted by atomic mass is 15.0. The molecule has 0 aliphatic carbocycles. The predicted octanol–water partition coefficient (Wildman–Crippen LogP) is 2.44. The maximum atomic E-state index is 4.77. The molecule has 1 aromatic rings. The molecule has 3 heteroatoms. The third kappa shape index (κ3) is 2.72. The van der Waals surface area contributed by atoms with Gasteiger partial charge in [0.15, 0.2) is 0 Å². The molecule has 1 aromatic carbocycles. The topological polar surface area (TPSA) is 36.4 Å². The summed E-state index contributed by atoms with van der Waals surface area (Å²) in [5.74, 6) is 1.89. The maximum absolute atomic E-state index is 4.77. The molecule has 1 saturated heterocycles. The van der Waals surface area contributed by atoms with E-state index in [0.29, 0.717) is 0 Å². The van der Waals surface area contributed by atoms with Crippen molar-refractivity contribution in [1.29, 1.82) is 0 Å². The number of hydrogen-bond donors (Lipinski definition) is 2. The van der Waals surface area contributed by atoms with Crippen molar-refractivity contribution in [3.8, 4) is 0 Å². The minimum atomic E-state index is 0.727. The summed E-state index contributed by atoms with van der Waals surface area (Å²) < 4.78 is 0. The van der Waals surface area contributed by atoms with E-state index in [4.69, 9.17) is 4.99 Å². The number of aliphatic imine (C=N–C) groups is 1. The van der Waals surface area contributed by atoms with Crippen molar-refractivity contribution in [3.05, 3.63) is 29.8 Å². The predicted molar refractivity (Wildman–Crippen MR) is 76.3 cm³/mol. The number of fused-ring (bicyclic) bond motifs is 1. The zero-order chi connectivity index (χ0) is 12.2. The monoisotopic (exact) mass is 243 g/mol. The van der Waals surface area contributed by atoms with Crippen LogP contribution in [0.1, 0.15) is 24.8 Å². The third-order valence-electron chi connectivity index (χ3n) is 3.87. The molecule has 2 aliphatic rings. The van der Waals surface area contributed by atoms with E-state index in [0.717, 1.165) is 31.8 Å². The second-order valence-electron chi connectivity index (χ2n) is 5.28. The Morgan fingerprint density at radius 2 is 2.17 bits per heavy atom. The summed E-state index contributed by atoms with van der Waals surface area (Å²) in [5.41, 5.74) is 2.65. The first kappa shape index (κ1) is 11.7. The first-order chi connectivity index (χ1) is 8.92. The molecular weight excluding hydrogens is 222 g/mol. The smallest absolute Gasteiger partial charge is 0.101 e. The number of hydrogen-bond acceptors (Lipinski definition) is 2. The van der Waals surface area contributed by atoms with Gasteiger partial charge in [0, 0.05) is 18.7 Å². The average Bonchev–Trinajstić information content (AvgIpc) is 2.46. The highest BCUT2D eigenvalue weighted by molar-refractivity contribution is 5.98. The number of nitrogens with zero attached hydrogens (tertiary/aromatic N) is 1. The van der Waals surface area contributed by atoms with Crippen LogP contribution in [0, 0.1) is 5.92 Å². The van der Waals surface area contributed by atoms with Crippen molar-refractivity contribution in [3.63, 3.8) is 0 Å². The van der Waals surface area contributed by atoms with Crippen LogP contribution in [0.3, 0.4) is 0 Å². The summed E-state index contributed by atoms with van der Waals surface area (Å²) in [6.45, 7) is 3.28. The zero-order valence-corrected chi connectivity index (χ0v) is 10.8. The van der Waals surface area contributed by atoms with E-state index in [1.54, 1.807) is 0 Å². The molecule has 18 heavy (non-hydrogen) atoms. The molecule has 3 rings (SSSR count). The maximum Gasteiger partial charge on any atom is 0.101 e. The van der Waals surface area contributed by atoms with E-state index in [1.165, 1.54) is 36.5 Å². The fourth-order valence-electron chi connectivity index (χ4n) is 2.77. The van der Waals surface area contributed by atoms with Gasteiger partial charge in [-0.3, -0.25) is 4.99 Å². The van der Waals surface area contributed by atoms with Crippen LogP contribution < -0.4 is 10.6 Å². The Kier molecular flexibility index (Phi) is 3.60. The summed E-state index contributed by atoms with van der Waals surface area (Å²) in [6.07, 6.45) is 4.79. The molecule has 0 radical (unpaired) electrons. The van der Waals surface area contributed by atoms with Crippen LogP contribution in [-0.2, 0) is 6.42 Å². The van der Waals surface area contributed by atoms with Gasteiger partial charge in [0.2, 0.25) is 0 Å². The minimum Gasteiger partial charge on any atom is -0.344 e. The SMILES string of the molecule is c1ccc2c(c1)CCC(=NCC1CCCNC1)N2. The molecule has 2 heterocycles. The van der Waals surface area contributed by atoms with Gasteiger partial charge in [-0.05, 0) is 49.9 Å². The van der Waals surface area contributed by atoms with Gasteiger partial charge in [-0.1, -0.05) is 18.2 Å². The Balaban J connectivity index is 1.61. The van der Waals surface area contributed by atoms with Gasteiger partial charge in [-0.15, -0.1) is 0 Å². The molecule has 2 aliphatic heterocycles. The van der Waals surface area contributed by atoms with Gasteiger partial charge in [0.1, 0.15) is 5.84 Å². The number of rotatable bonds is 2. The van der Waals surface area contributed by atoms with E-state index < -0.39 is 0 Å². The summed E-state index contributed by atoms with van der Waals surface area (Å²) in [4.78, 5) is 4.77. The van der Waals surface area contributed by atoms with E-state index in [-0.39, 0.29) is 0 Å². The number of anilines is 1. The lowest BCUT2D eigenvalue weighted by atomic mass is 9.99. The number of benzene rings is 1. The lowest BCUT2D eigenvalue weighted by Crippen LogP contribution is -2.32. The van der Waals surface area contributed by atoms with Crippen LogP contribution in [0.2, 0.25) is 0 Å². The molecule has 96 valence electrons. The van der Waals surface area contributed by atoms with Crippen molar-refractivity contribution >= 4 is 11.5 Å². The Morgan fingerprint density at radius 1 is 1.22 bits per heavy atom. The van der Waals surface area contributed by atoms with Crippen molar-refractivity contribution in [2.24, 2.45) is 10.9 Å². The fourth-order valence-corrected chi connectivity index (χ4v) is 2.77. The van der Waals surface area contributed by atoms with E-state index in [9.17, 15) is 0 Å². The van der Waals surface area contributed by atoms with Crippen molar-refractivity contribution in [2.45, 2.75) is 25.7 Å². The number of aryl methyl sites for hydroxylation is 1.